The minimum absolute atomic E-state index is 0.161. The third-order valence-corrected chi connectivity index (χ3v) is 7.34. The summed E-state index contributed by atoms with van der Waals surface area (Å²) < 4.78 is 19.1. The molecule has 33 heavy (non-hydrogen) atoms. The highest BCUT2D eigenvalue weighted by Gasteiger charge is 2.42. The molecule has 1 saturated heterocycles. The Bertz CT molecular complexity index is 1170. The van der Waals surface area contributed by atoms with Crippen LogP contribution in [0.1, 0.15) is 55.7 Å². The molecule has 5 rings (SSSR count). The van der Waals surface area contributed by atoms with E-state index in [2.05, 4.69) is 4.98 Å². The number of hydrogen-bond acceptors (Lipinski definition) is 4. The molecule has 2 aromatic carbocycles. The van der Waals surface area contributed by atoms with Gasteiger partial charge in [0.2, 0.25) is 5.91 Å². The number of ether oxygens (including phenoxy) is 1. The van der Waals surface area contributed by atoms with Crippen LogP contribution < -0.4 is 0 Å². The second-order valence-corrected chi connectivity index (χ2v) is 9.17. The normalized spacial score (nSPS) is 24.0. The maximum absolute atomic E-state index is 13.9. The molecule has 1 saturated carbocycles. The highest BCUT2D eigenvalue weighted by molar-refractivity contribution is 5.95. The van der Waals surface area contributed by atoms with Crippen LogP contribution in [0.4, 0.5) is 9.18 Å². The van der Waals surface area contributed by atoms with Gasteiger partial charge in [0.15, 0.2) is 0 Å². The molecule has 5 nitrogen and oxygen atoms in total. The second-order valence-electron chi connectivity index (χ2n) is 9.17. The molecule has 1 aliphatic carbocycles. The number of pyridine rings is 1. The highest BCUT2D eigenvalue weighted by atomic mass is 19.1. The number of fused-ring (bicyclic) bond motifs is 1. The number of hydrogen-bond donors (Lipinski definition) is 0. The largest absolute Gasteiger partial charge is 0.446 e. The highest BCUT2D eigenvalue weighted by Crippen LogP contribution is 2.42. The van der Waals surface area contributed by atoms with E-state index < -0.39 is 6.09 Å². The maximum atomic E-state index is 13.9. The van der Waals surface area contributed by atoms with Crippen molar-refractivity contribution in [3.63, 3.8) is 0 Å². The summed E-state index contributed by atoms with van der Waals surface area (Å²) in [7, 11) is 0. The molecular weight excluding hydrogens is 419 g/mol. The predicted molar refractivity (Wildman–Crippen MR) is 123 cm³/mol. The number of aromatic nitrogens is 1. The Morgan fingerprint density at radius 3 is 2.61 bits per heavy atom. The summed E-state index contributed by atoms with van der Waals surface area (Å²) in [6.45, 7) is 2.12. The Balaban J connectivity index is 1.29. The maximum Gasteiger partial charge on any atom is 0.417 e. The number of benzene rings is 2. The van der Waals surface area contributed by atoms with Gasteiger partial charge in [0, 0.05) is 17.5 Å². The van der Waals surface area contributed by atoms with Crippen LogP contribution in [-0.4, -0.2) is 28.5 Å². The molecule has 2 aliphatic rings. The predicted octanol–water partition coefficient (Wildman–Crippen LogP) is 6.00. The minimum Gasteiger partial charge on any atom is -0.446 e. The molecule has 2 amide bonds. The van der Waals surface area contributed by atoms with Crippen molar-refractivity contribution in [2.24, 2.45) is 11.8 Å². The monoisotopic (exact) mass is 446 g/mol. The summed E-state index contributed by atoms with van der Waals surface area (Å²) in [5.41, 5.74) is 2.84. The van der Waals surface area contributed by atoms with Crippen LogP contribution in [0.3, 0.4) is 0 Å². The third kappa shape index (κ3) is 4.10. The molecule has 0 bridgehead atoms. The number of halogens is 1. The van der Waals surface area contributed by atoms with E-state index in [0.717, 1.165) is 47.7 Å². The van der Waals surface area contributed by atoms with Crippen molar-refractivity contribution in [3.8, 4) is 0 Å². The van der Waals surface area contributed by atoms with E-state index in [1.54, 1.807) is 18.3 Å². The second kappa shape index (κ2) is 8.93. The molecule has 1 aliphatic heterocycles. The molecule has 170 valence electrons. The van der Waals surface area contributed by atoms with Crippen molar-refractivity contribution in [1.82, 2.24) is 9.88 Å². The van der Waals surface area contributed by atoms with Gasteiger partial charge in [-0.3, -0.25) is 9.78 Å². The molecule has 1 aromatic heterocycles. The van der Waals surface area contributed by atoms with E-state index in [4.69, 9.17) is 4.74 Å². The topological polar surface area (TPSA) is 59.5 Å². The van der Waals surface area contributed by atoms with Crippen molar-refractivity contribution in [3.05, 3.63) is 77.7 Å². The average molecular weight is 447 g/mol. The lowest BCUT2D eigenvalue weighted by Gasteiger charge is -2.34. The van der Waals surface area contributed by atoms with Gasteiger partial charge in [-0.2, -0.15) is 0 Å². The SMILES string of the molecule is C[C@@H](C(=O)N1C(=O)OCC1c1ccccc1)C1CCC(c2ccnc3ccc(F)cc23)CC1. The zero-order chi connectivity index (χ0) is 22.9. The van der Waals surface area contributed by atoms with Crippen LogP contribution in [0.2, 0.25) is 0 Å². The van der Waals surface area contributed by atoms with Gasteiger partial charge in [0.1, 0.15) is 18.5 Å². The van der Waals surface area contributed by atoms with Crippen LogP contribution in [0.5, 0.6) is 0 Å². The quantitative estimate of drug-likeness (QED) is 0.493. The Kier molecular flexibility index (Phi) is 5.83. The van der Waals surface area contributed by atoms with Crippen LogP contribution in [0.25, 0.3) is 10.9 Å². The molecule has 2 heterocycles. The van der Waals surface area contributed by atoms with E-state index in [1.807, 2.05) is 43.3 Å². The number of amides is 2. The first-order valence-corrected chi connectivity index (χ1v) is 11.6. The van der Waals surface area contributed by atoms with Gasteiger partial charge in [-0.05, 0) is 72.9 Å². The van der Waals surface area contributed by atoms with Crippen LogP contribution >= 0.6 is 0 Å². The number of rotatable bonds is 4. The fourth-order valence-corrected chi connectivity index (χ4v) is 5.43. The molecule has 2 atom stereocenters. The van der Waals surface area contributed by atoms with Gasteiger partial charge in [-0.1, -0.05) is 37.3 Å². The zero-order valence-electron chi connectivity index (χ0n) is 18.6. The lowest BCUT2D eigenvalue weighted by atomic mass is 9.73. The third-order valence-electron chi connectivity index (χ3n) is 7.34. The molecular formula is C27H27FN2O3. The summed E-state index contributed by atoms with van der Waals surface area (Å²) in [6, 6.07) is 15.9. The Morgan fingerprint density at radius 1 is 1.09 bits per heavy atom. The lowest BCUT2D eigenvalue weighted by molar-refractivity contribution is -0.135. The summed E-state index contributed by atoms with van der Waals surface area (Å²) in [5, 5.41) is 0.871. The molecule has 3 aromatic rings. The number of carbonyl (C=O) groups excluding carboxylic acids is 2. The number of nitrogens with zero attached hydrogens (tertiary/aromatic N) is 2. The van der Waals surface area contributed by atoms with Crippen molar-refractivity contribution in [2.45, 2.75) is 44.6 Å². The molecule has 0 N–H and O–H groups in total. The van der Waals surface area contributed by atoms with Crippen molar-refractivity contribution >= 4 is 22.9 Å². The number of carbonyl (C=O) groups is 2. The van der Waals surface area contributed by atoms with Crippen LogP contribution in [-0.2, 0) is 9.53 Å². The standard InChI is InChI=1S/C27H27FN2O3/c1-17(26(31)30-25(16-33-27(30)32)20-5-3-2-4-6-20)18-7-9-19(10-8-18)22-13-14-29-24-12-11-21(28)15-23(22)24/h2-6,11-15,17-19,25H,7-10,16H2,1H3/t17-,18?,19?,25?/m1/s1. The summed E-state index contributed by atoms with van der Waals surface area (Å²) >= 11 is 0. The average Bonchev–Trinajstić information content (AvgIpc) is 3.24. The van der Waals surface area contributed by atoms with Gasteiger partial charge in [0.25, 0.3) is 0 Å². The molecule has 0 spiro atoms. The first-order valence-electron chi connectivity index (χ1n) is 11.6. The fraction of sp³-hybridized carbons (Fsp3) is 0.370. The summed E-state index contributed by atoms with van der Waals surface area (Å²) in [6.07, 6.45) is 4.84. The van der Waals surface area contributed by atoms with Gasteiger partial charge in [-0.25, -0.2) is 14.1 Å². The van der Waals surface area contributed by atoms with Crippen LogP contribution in [0, 0.1) is 17.7 Å². The Hall–Kier alpha value is -3.28. The van der Waals surface area contributed by atoms with Crippen molar-refractivity contribution in [2.75, 3.05) is 6.61 Å². The van der Waals surface area contributed by atoms with E-state index >= 15 is 0 Å². The first kappa shape index (κ1) is 21.6. The lowest BCUT2D eigenvalue weighted by Crippen LogP contribution is -2.40. The van der Waals surface area contributed by atoms with E-state index in [9.17, 15) is 14.0 Å². The van der Waals surface area contributed by atoms with Gasteiger partial charge in [-0.15, -0.1) is 0 Å². The van der Waals surface area contributed by atoms with E-state index in [-0.39, 0.29) is 36.2 Å². The van der Waals surface area contributed by atoms with Gasteiger partial charge >= 0.3 is 6.09 Å². The minimum atomic E-state index is -0.556. The van der Waals surface area contributed by atoms with Gasteiger partial charge < -0.3 is 4.74 Å². The Morgan fingerprint density at radius 2 is 1.85 bits per heavy atom. The van der Waals surface area contributed by atoms with E-state index in [1.165, 1.54) is 11.0 Å². The molecule has 0 radical (unpaired) electrons. The molecule has 2 fully saturated rings. The Labute approximate surface area is 192 Å². The number of cyclic esters (lactones) is 1. The van der Waals surface area contributed by atoms with E-state index in [0.29, 0.717) is 5.92 Å². The fourth-order valence-electron chi connectivity index (χ4n) is 5.43. The first-order chi connectivity index (χ1) is 16.0. The summed E-state index contributed by atoms with van der Waals surface area (Å²) in [5.74, 6) is -0.177. The van der Waals surface area contributed by atoms with Crippen molar-refractivity contribution < 1.29 is 18.7 Å². The van der Waals surface area contributed by atoms with Gasteiger partial charge in [0.05, 0.1) is 5.52 Å². The molecule has 6 heteroatoms. The van der Waals surface area contributed by atoms with Crippen molar-refractivity contribution in [1.29, 1.82) is 0 Å². The number of imide groups is 1. The van der Waals surface area contributed by atoms with Crippen LogP contribution in [0.15, 0.2) is 60.8 Å². The smallest absolute Gasteiger partial charge is 0.417 e. The summed E-state index contributed by atoms with van der Waals surface area (Å²) in [4.78, 5) is 31.5. The molecule has 1 unspecified atom stereocenters. The zero-order valence-corrected chi connectivity index (χ0v) is 18.6.